The van der Waals surface area contributed by atoms with Gasteiger partial charge in [0, 0.05) is 12.1 Å². The van der Waals surface area contributed by atoms with Crippen molar-refractivity contribution in [3.63, 3.8) is 0 Å². The molecule has 0 aliphatic carbocycles. The second-order valence-electron chi connectivity index (χ2n) is 2.44. The first-order valence-electron chi connectivity index (χ1n) is 3.79. The predicted molar refractivity (Wildman–Crippen MR) is 59.4 cm³/mol. The lowest BCUT2D eigenvalue weighted by atomic mass is 10.2. The summed E-state index contributed by atoms with van der Waals surface area (Å²) < 4.78 is 13.7. The van der Waals surface area contributed by atoms with E-state index in [2.05, 4.69) is 5.32 Å². The fourth-order valence-electron chi connectivity index (χ4n) is 0.881. The molecule has 4 heteroatoms. The highest BCUT2D eigenvalue weighted by Gasteiger charge is 2.00. The smallest absolute Gasteiger partial charge is 0.133 e. The van der Waals surface area contributed by atoms with Gasteiger partial charge < -0.3 is 5.32 Å². The molecule has 13 heavy (non-hydrogen) atoms. The number of hydrogen-bond donors (Lipinski definition) is 1. The highest BCUT2D eigenvalue weighted by atomic mass is 32.2. The van der Waals surface area contributed by atoms with Crippen LogP contribution in [0.15, 0.2) is 24.3 Å². The molecule has 0 saturated carbocycles. The van der Waals surface area contributed by atoms with Crippen LogP contribution in [0.4, 0.5) is 4.39 Å². The molecular formula is C9H10FNS2. The highest BCUT2D eigenvalue weighted by Crippen LogP contribution is 2.06. The van der Waals surface area contributed by atoms with Gasteiger partial charge in [-0.25, -0.2) is 4.39 Å². The van der Waals surface area contributed by atoms with Crippen molar-refractivity contribution < 1.29 is 4.39 Å². The van der Waals surface area contributed by atoms with Gasteiger partial charge >= 0.3 is 0 Å². The Bertz CT molecular complexity index is 301. The molecule has 0 unspecified atom stereocenters. The standard InChI is InChI=1S/C9H10FNS2/c1-13-9(12)11-6-7-4-2-3-5-8(7)10/h2-5H,6H2,1H3,(H,11,12). The van der Waals surface area contributed by atoms with Crippen molar-refractivity contribution in [2.24, 2.45) is 0 Å². The van der Waals surface area contributed by atoms with Crippen LogP contribution in [0.25, 0.3) is 0 Å². The van der Waals surface area contributed by atoms with Crippen molar-refractivity contribution in [1.82, 2.24) is 5.32 Å². The average Bonchev–Trinajstić information content (AvgIpc) is 2.16. The Kier molecular flexibility index (Phi) is 4.18. The molecule has 1 rings (SSSR count). The monoisotopic (exact) mass is 215 g/mol. The molecular weight excluding hydrogens is 205 g/mol. The SMILES string of the molecule is CSC(=S)NCc1ccccc1F. The Hall–Kier alpha value is -0.610. The van der Waals surface area contributed by atoms with Gasteiger partial charge in [-0.3, -0.25) is 0 Å². The van der Waals surface area contributed by atoms with E-state index in [0.29, 0.717) is 16.4 Å². The van der Waals surface area contributed by atoms with E-state index in [9.17, 15) is 4.39 Å². The summed E-state index contributed by atoms with van der Waals surface area (Å²) in [6, 6.07) is 6.67. The average molecular weight is 215 g/mol. The zero-order valence-electron chi connectivity index (χ0n) is 7.21. The van der Waals surface area contributed by atoms with Crippen molar-refractivity contribution >= 4 is 28.3 Å². The van der Waals surface area contributed by atoms with Gasteiger partial charge in [0.15, 0.2) is 0 Å². The molecule has 0 aromatic heterocycles. The van der Waals surface area contributed by atoms with E-state index in [1.807, 2.05) is 12.3 Å². The minimum absolute atomic E-state index is 0.195. The van der Waals surface area contributed by atoms with Gasteiger partial charge in [0.05, 0.1) is 0 Å². The zero-order valence-corrected chi connectivity index (χ0v) is 8.84. The molecule has 0 spiro atoms. The molecule has 0 amide bonds. The molecule has 0 atom stereocenters. The van der Waals surface area contributed by atoms with E-state index in [1.54, 1.807) is 12.1 Å². The Morgan fingerprint density at radius 1 is 1.54 bits per heavy atom. The van der Waals surface area contributed by atoms with E-state index in [-0.39, 0.29) is 5.82 Å². The largest absolute Gasteiger partial charge is 0.367 e. The first-order valence-corrected chi connectivity index (χ1v) is 5.42. The number of rotatable bonds is 2. The number of benzene rings is 1. The van der Waals surface area contributed by atoms with Gasteiger partial charge in [-0.2, -0.15) is 0 Å². The molecule has 0 aliphatic rings. The Labute approximate surface area is 86.7 Å². The third-order valence-corrected chi connectivity index (χ3v) is 2.73. The van der Waals surface area contributed by atoms with Crippen molar-refractivity contribution in [3.8, 4) is 0 Å². The van der Waals surface area contributed by atoms with Crippen LogP contribution >= 0.6 is 24.0 Å². The Morgan fingerprint density at radius 2 is 2.23 bits per heavy atom. The van der Waals surface area contributed by atoms with E-state index in [1.165, 1.54) is 17.8 Å². The maximum atomic E-state index is 13.1. The van der Waals surface area contributed by atoms with E-state index >= 15 is 0 Å². The zero-order chi connectivity index (χ0) is 9.68. The third kappa shape index (κ3) is 3.32. The second-order valence-corrected chi connectivity index (χ2v) is 3.92. The molecule has 1 N–H and O–H groups in total. The van der Waals surface area contributed by atoms with Crippen molar-refractivity contribution in [3.05, 3.63) is 35.6 Å². The van der Waals surface area contributed by atoms with E-state index < -0.39 is 0 Å². The van der Waals surface area contributed by atoms with Gasteiger partial charge in [-0.05, 0) is 12.3 Å². The highest BCUT2D eigenvalue weighted by molar-refractivity contribution is 8.22. The lowest BCUT2D eigenvalue weighted by Gasteiger charge is -2.05. The maximum Gasteiger partial charge on any atom is 0.133 e. The molecule has 0 heterocycles. The number of thiocarbonyl (C=S) groups is 1. The van der Waals surface area contributed by atoms with Gasteiger partial charge in [0.25, 0.3) is 0 Å². The molecule has 1 aromatic rings. The van der Waals surface area contributed by atoms with Crippen LogP contribution in [0.5, 0.6) is 0 Å². The summed E-state index contributed by atoms with van der Waals surface area (Å²) in [6.45, 7) is 0.451. The molecule has 0 fully saturated rings. The van der Waals surface area contributed by atoms with Crippen LogP contribution in [0.2, 0.25) is 0 Å². The Balaban J connectivity index is 2.54. The van der Waals surface area contributed by atoms with Crippen LogP contribution in [-0.2, 0) is 6.54 Å². The normalized spacial score (nSPS) is 9.69. The molecule has 0 aliphatic heterocycles. The van der Waals surface area contributed by atoms with Crippen LogP contribution in [0.3, 0.4) is 0 Å². The quantitative estimate of drug-likeness (QED) is 0.761. The summed E-state index contributed by atoms with van der Waals surface area (Å²) in [6.07, 6.45) is 1.89. The first kappa shape index (κ1) is 10.5. The minimum atomic E-state index is -0.195. The molecule has 0 saturated heterocycles. The van der Waals surface area contributed by atoms with Crippen LogP contribution in [0, 0.1) is 5.82 Å². The Morgan fingerprint density at radius 3 is 2.85 bits per heavy atom. The molecule has 0 bridgehead atoms. The molecule has 70 valence electrons. The van der Waals surface area contributed by atoms with Crippen molar-refractivity contribution in [1.29, 1.82) is 0 Å². The van der Waals surface area contributed by atoms with Crippen LogP contribution < -0.4 is 5.32 Å². The predicted octanol–water partition coefficient (Wildman–Crippen LogP) is 2.56. The summed E-state index contributed by atoms with van der Waals surface area (Å²) >= 11 is 6.37. The lowest BCUT2D eigenvalue weighted by molar-refractivity contribution is 0.607. The fourth-order valence-corrected chi connectivity index (χ4v) is 1.17. The van der Waals surface area contributed by atoms with Crippen LogP contribution in [-0.4, -0.2) is 10.6 Å². The van der Waals surface area contributed by atoms with Gasteiger partial charge in [-0.15, -0.1) is 11.8 Å². The second kappa shape index (κ2) is 5.19. The van der Waals surface area contributed by atoms with Gasteiger partial charge in [0.2, 0.25) is 0 Å². The summed E-state index contributed by atoms with van der Waals surface area (Å²) in [5.41, 5.74) is 0.638. The topological polar surface area (TPSA) is 12.0 Å². The molecule has 1 nitrogen and oxygen atoms in total. The first-order chi connectivity index (χ1) is 6.24. The maximum absolute atomic E-state index is 13.1. The van der Waals surface area contributed by atoms with Gasteiger partial charge in [0.1, 0.15) is 10.1 Å². The summed E-state index contributed by atoms with van der Waals surface area (Å²) in [4.78, 5) is 0. The van der Waals surface area contributed by atoms with E-state index in [4.69, 9.17) is 12.2 Å². The molecule has 1 aromatic carbocycles. The lowest BCUT2D eigenvalue weighted by Crippen LogP contribution is -2.17. The summed E-state index contributed by atoms with van der Waals surface area (Å²) in [5.74, 6) is -0.195. The molecule has 0 radical (unpaired) electrons. The fraction of sp³-hybridized carbons (Fsp3) is 0.222. The number of hydrogen-bond acceptors (Lipinski definition) is 2. The number of halogens is 1. The summed E-state index contributed by atoms with van der Waals surface area (Å²) in [5, 5.41) is 2.94. The van der Waals surface area contributed by atoms with Crippen molar-refractivity contribution in [2.75, 3.05) is 6.26 Å². The van der Waals surface area contributed by atoms with Crippen LogP contribution in [0.1, 0.15) is 5.56 Å². The number of thioether (sulfide) groups is 1. The number of nitrogens with one attached hydrogen (secondary N) is 1. The van der Waals surface area contributed by atoms with Crippen molar-refractivity contribution in [2.45, 2.75) is 6.54 Å². The minimum Gasteiger partial charge on any atom is -0.367 e. The summed E-state index contributed by atoms with van der Waals surface area (Å²) in [7, 11) is 0. The third-order valence-electron chi connectivity index (χ3n) is 1.57. The van der Waals surface area contributed by atoms with Gasteiger partial charge in [-0.1, -0.05) is 30.4 Å². The van der Waals surface area contributed by atoms with E-state index in [0.717, 1.165) is 0 Å².